The fourth-order valence-electron chi connectivity index (χ4n) is 26.5. The van der Waals surface area contributed by atoms with Gasteiger partial charge in [-0.3, -0.25) is 9.59 Å². The zero-order valence-electron chi connectivity index (χ0n) is 54.7. The molecule has 6 spiro atoms. The Hall–Kier alpha value is -2.62. The minimum absolute atomic E-state index is 0.0205. The standard InChI is InChI=1S/C75H104N2O13S2/c1-42(2)43(3)61-63(90-61)72(86)24-11-16-47-33-54-55-36-59(81)71(37-60(82)74(88,41-79)69(66(54,71)4)22-8-9-23-69)65(85)92-91-39-49-15-10-14-48(38-78)75(49)64(84)77(50-29-44(30-51(80)34-50)17-26-70(47)58(72)19-27-73(55,70)87)40-67(75)25-18-52(62(67)83)56-32-46-31-45-13-12-28-89-57(45)35-53(46)68(76-56)20-6-5-7-21-68/h11-13,16,29-31,34,36,42-43,46-49,52-54,56-58,60-63,65,76,78-80,82-83,85-88H,5-10,14-15,17-28,32-33,35,37-41H2,1-4H3. The fourth-order valence-corrected chi connectivity index (χ4v) is 29.6. The van der Waals surface area contributed by atoms with Gasteiger partial charge in [0.15, 0.2) is 5.78 Å². The van der Waals surface area contributed by atoms with Gasteiger partial charge in [0.25, 0.3) is 0 Å². The number of piperidine rings is 1. The molecule has 8 bridgehead atoms. The molecule has 3 saturated heterocycles. The highest BCUT2D eigenvalue weighted by molar-refractivity contribution is 8.76. The van der Waals surface area contributed by atoms with Crippen LogP contribution in [0.3, 0.4) is 0 Å². The summed E-state index contributed by atoms with van der Waals surface area (Å²) in [6.45, 7) is 8.33. The first kappa shape index (κ1) is 64.1. The smallest absolute Gasteiger partial charge is 0.234 e. The number of fused-ring (bicyclic) bond motifs is 4. The van der Waals surface area contributed by atoms with E-state index in [1.807, 2.05) is 17.9 Å². The number of phenolic OH excluding ortho intramolecular Hbond substituents is 1. The first-order chi connectivity index (χ1) is 44.0. The quantitative estimate of drug-likeness (QED) is 0.0724. The predicted molar refractivity (Wildman–Crippen MR) is 353 cm³/mol. The number of rotatable bonds is 6. The number of aliphatic hydroxyl groups excluding tert-OH is 5. The van der Waals surface area contributed by atoms with Crippen LogP contribution in [0.4, 0.5) is 5.69 Å². The summed E-state index contributed by atoms with van der Waals surface area (Å²) < 4.78 is 13.1. The van der Waals surface area contributed by atoms with Gasteiger partial charge in [-0.25, -0.2) is 0 Å². The molecule has 0 aromatic heterocycles. The Balaban J connectivity index is 0.858. The lowest BCUT2D eigenvalue weighted by molar-refractivity contribution is -0.309. The van der Waals surface area contributed by atoms with E-state index >= 15 is 9.59 Å². The van der Waals surface area contributed by atoms with Crippen molar-refractivity contribution in [3.05, 3.63) is 71.4 Å². The van der Waals surface area contributed by atoms with E-state index in [9.17, 15) is 46.0 Å². The molecule has 1 amide bonds. The number of aliphatic hydroxyl groups is 8. The number of aromatic hydroxyl groups is 1. The number of hydrogen-bond acceptors (Lipinski definition) is 16. The van der Waals surface area contributed by atoms with Crippen molar-refractivity contribution in [2.45, 2.75) is 240 Å². The number of benzene rings is 1. The Morgan fingerprint density at radius 3 is 2.40 bits per heavy atom. The van der Waals surface area contributed by atoms with Crippen molar-refractivity contribution >= 4 is 39.0 Å². The van der Waals surface area contributed by atoms with Gasteiger partial charge in [0.05, 0.1) is 54.1 Å². The second kappa shape index (κ2) is 22.2. The van der Waals surface area contributed by atoms with Crippen LogP contribution in [0.25, 0.3) is 0 Å². The number of carbonyl (C=O) groups excluding carboxylic acids is 2. The molecule has 10 fully saturated rings. The molecule has 24 unspecified atom stereocenters. The monoisotopic (exact) mass is 1300 g/mol. The Bertz CT molecular complexity index is 3250. The maximum Gasteiger partial charge on any atom is 0.234 e. The number of amides is 1. The average molecular weight is 1310 g/mol. The highest BCUT2D eigenvalue weighted by atomic mass is 33.1. The van der Waals surface area contributed by atoms with Crippen LogP contribution in [-0.4, -0.2) is 154 Å². The highest BCUT2D eigenvalue weighted by Gasteiger charge is 2.84. The lowest BCUT2D eigenvalue weighted by Crippen LogP contribution is -2.79. The van der Waals surface area contributed by atoms with E-state index in [1.54, 1.807) is 18.2 Å². The molecule has 24 atom stereocenters. The molecule has 92 heavy (non-hydrogen) atoms. The molecule has 1 aromatic carbocycles. The predicted octanol–water partition coefficient (Wildman–Crippen LogP) is 9.18. The van der Waals surface area contributed by atoms with Gasteiger partial charge in [-0.1, -0.05) is 118 Å². The summed E-state index contributed by atoms with van der Waals surface area (Å²) in [4.78, 5) is 35.4. The topological polar surface area (TPSA) is 253 Å². The Labute approximate surface area is 551 Å². The molecule has 17 aliphatic rings. The van der Waals surface area contributed by atoms with Crippen LogP contribution in [0.2, 0.25) is 0 Å². The van der Waals surface area contributed by atoms with Crippen LogP contribution in [0.5, 0.6) is 5.75 Å². The van der Waals surface area contributed by atoms with E-state index in [1.165, 1.54) is 33.6 Å². The van der Waals surface area contributed by atoms with Crippen molar-refractivity contribution in [3.8, 4) is 5.75 Å². The zero-order chi connectivity index (χ0) is 64.1. The average Bonchev–Trinajstić information content (AvgIpc) is 1.07. The lowest BCUT2D eigenvalue weighted by Gasteiger charge is -2.74. The maximum absolute atomic E-state index is 17.0. The molecule has 1 aromatic rings. The van der Waals surface area contributed by atoms with Crippen LogP contribution in [-0.2, 0) is 25.5 Å². The largest absolute Gasteiger partial charge is 0.508 e. The summed E-state index contributed by atoms with van der Waals surface area (Å²) in [5.74, 6) is -1.89. The van der Waals surface area contributed by atoms with Gasteiger partial charge in [0, 0.05) is 70.3 Å². The number of carbonyl (C=O) groups is 2. The number of nitrogens with one attached hydrogen (secondary N) is 1. The second-order valence-electron chi connectivity index (χ2n) is 33.6. The molecule has 7 aliphatic heterocycles. The van der Waals surface area contributed by atoms with E-state index in [0.29, 0.717) is 113 Å². The summed E-state index contributed by atoms with van der Waals surface area (Å²) in [6, 6.07) is 5.41. The summed E-state index contributed by atoms with van der Waals surface area (Å²) in [7, 11) is 2.59. The van der Waals surface area contributed by atoms with Crippen LogP contribution >= 0.6 is 21.6 Å². The Morgan fingerprint density at radius 1 is 0.859 bits per heavy atom. The van der Waals surface area contributed by atoms with Gasteiger partial charge >= 0.3 is 0 Å². The minimum atomic E-state index is -2.06. The maximum atomic E-state index is 17.0. The molecule has 10 N–H and O–H groups in total. The number of anilines is 1. The summed E-state index contributed by atoms with van der Waals surface area (Å²) in [5, 5.41) is 123. The first-order valence-electron chi connectivity index (χ1n) is 36.3. The summed E-state index contributed by atoms with van der Waals surface area (Å²) in [5.41, 5.74) is -11.6. The minimum Gasteiger partial charge on any atom is -0.508 e. The number of phenols is 1. The van der Waals surface area contributed by atoms with Crippen molar-refractivity contribution in [2.24, 2.45) is 91.7 Å². The third kappa shape index (κ3) is 8.12. The normalized spacial score (nSPS) is 49.9. The van der Waals surface area contributed by atoms with Gasteiger partial charge < -0.3 is 65.6 Å². The number of nitrogens with zero attached hydrogens (tertiary/aromatic N) is 1. The number of ketones is 1. The number of hydrogen-bond donors (Lipinski definition) is 10. The van der Waals surface area contributed by atoms with Gasteiger partial charge in [-0.2, -0.15) is 0 Å². The van der Waals surface area contributed by atoms with E-state index in [4.69, 9.17) is 9.47 Å². The second-order valence-corrected chi connectivity index (χ2v) is 36.1. The van der Waals surface area contributed by atoms with Gasteiger partial charge in [-0.05, 0) is 197 Å². The van der Waals surface area contributed by atoms with Crippen LogP contribution in [0.1, 0.15) is 175 Å². The van der Waals surface area contributed by atoms with E-state index in [2.05, 4.69) is 56.5 Å². The number of ether oxygens (including phenoxy) is 2. The summed E-state index contributed by atoms with van der Waals surface area (Å²) in [6.07, 6.45) is 23.9. The Morgan fingerprint density at radius 2 is 1.64 bits per heavy atom. The molecule has 15 nitrogen and oxygen atoms in total. The fraction of sp³-hybridized carbons (Fsp3) is 0.787. The van der Waals surface area contributed by atoms with E-state index < -0.39 is 115 Å². The third-order valence-electron chi connectivity index (χ3n) is 30.9. The summed E-state index contributed by atoms with van der Waals surface area (Å²) >= 11 is 0. The molecule has 18 rings (SSSR count). The number of aryl methyl sites for hydroxylation is 1. The molecular weight excluding hydrogens is 1200 g/mol. The van der Waals surface area contributed by atoms with Gasteiger partial charge in [0.1, 0.15) is 28.5 Å². The van der Waals surface area contributed by atoms with E-state index in [-0.39, 0.29) is 85.1 Å². The number of allylic oxidation sites excluding steroid dienone is 3. The van der Waals surface area contributed by atoms with Crippen molar-refractivity contribution in [3.63, 3.8) is 0 Å². The zero-order valence-corrected chi connectivity index (χ0v) is 56.4. The number of epoxide rings is 1. The molecule has 7 saturated carbocycles. The Kier molecular flexibility index (Phi) is 15.5. The molecule has 504 valence electrons. The van der Waals surface area contributed by atoms with Crippen molar-refractivity contribution < 1.29 is 65.0 Å². The molecule has 0 radical (unpaired) electrons. The third-order valence-corrected chi connectivity index (χ3v) is 33.5. The van der Waals surface area contributed by atoms with E-state index in [0.717, 1.165) is 50.5 Å². The lowest BCUT2D eigenvalue weighted by atomic mass is 9.31. The molecule has 10 aliphatic carbocycles. The molecule has 7 heterocycles. The SMILES string of the molecule is CC(C)C(C)C1OC1C1(O)CC=CC2CC3C4=CC(=O)C5(CC(O)C(O)(CO)C6(CCCC6)C35C)C(O)SSCC3CCCC(CO)C35C(=O)N(CC53CCC(C5CC6C=C7C=CCOC7CC6C6(CCCCC6)N5)C3O)c3cc(O)cc(c3)CCC23C1CCC43O. The van der Waals surface area contributed by atoms with Gasteiger partial charge in [-0.15, -0.1) is 0 Å². The molecule has 17 heteroatoms. The van der Waals surface area contributed by atoms with Crippen molar-refractivity contribution in [2.75, 3.05) is 37.0 Å². The highest BCUT2D eigenvalue weighted by Crippen LogP contribution is 2.82. The van der Waals surface area contributed by atoms with Gasteiger partial charge in [0.2, 0.25) is 5.91 Å². The molecular formula is C75H104N2O13S2. The van der Waals surface area contributed by atoms with Crippen molar-refractivity contribution in [1.29, 1.82) is 0 Å². The first-order valence-corrected chi connectivity index (χ1v) is 38.7. The van der Waals surface area contributed by atoms with Crippen LogP contribution < -0.4 is 10.2 Å². The van der Waals surface area contributed by atoms with Crippen LogP contribution in [0, 0.1) is 91.7 Å². The van der Waals surface area contributed by atoms with Crippen LogP contribution in [0.15, 0.2) is 65.8 Å². The van der Waals surface area contributed by atoms with Crippen molar-refractivity contribution in [1.82, 2.24) is 5.32 Å².